The normalized spacial score (nSPS) is 16.0. The molecule has 1 aliphatic heterocycles. The van der Waals surface area contributed by atoms with Crippen molar-refractivity contribution in [3.8, 4) is 5.75 Å². The Labute approximate surface area is 96.5 Å². The standard InChI is InChI=1S/C13H19NO2/c1-9(2)16-13(8-14)10-3-4-12-11(7-10)5-6-15-12/h3-4,7,9,13H,5-6,8,14H2,1-2H3. The van der Waals surface area contributed by atoms with Gasteiger partial charge < -0.3 is 15.2 Å². The first-order valence-electron chi connectivity index (χ1n) is 5.82. The fraction of sp³-hybridized carbons (Fsp3) is 0.538. The molecule has 1 atom stereocenters. The maximum absolute atomic E-state index is 5.78. The number of hydrogen-bond donors (Lipinski definition) is 1. The lowest BCUT2D eigenvalue weighted by Gasteiger charge is -2.19. The van der Waals surface area contributed by atoms with Gasteiger partial charge in [-0.2, -0.15) is 0 Å². The SMILES string of the molecule is CC(C)OC(CN)c1ccc2c(c1)CCO2. The Kier molecular flexibility index (Phi) is 3.46. The Bertz CT molecular complexity index is 363. The molecule has 0 saturated heterocycles. The molecule has 3 nitrogen and oxygen atoms in total. The summed E-state index contributed by atoms with van der Waals surface area (Å²) in [5, 5.41) is 0. The summed E-state index contributed by atoms with van der Waals surface area (Å²) in [7, 11) is 0. The summed E-state index contributed by atoms with van der Waals surface area (Å²) in [6.07, 6.45) is 1.17. The average molecular weight is 221 g/mol. The van der Waals surface area contributed by atoms with Gasteiger partial charge in [0.15, 0.2) is 0 Å². The first-order chi connectivity index (χ1) is 7.70. The van der Waals surface area contributed by atoms with Crippen LogP contribution in [0.3, 0.4) is 0 Å². The zero-order valence-electron chi connectivity index (χ0n) is 9.90. The fourth-order valence-electron chi connectivity index (χ4n) is 2.01. The summed E-state index contributed by atoms with van der Waals surface area (Å²) >= 11 is 0. The first-order valence-corrected chi connectivity index (χ1v) is 5.82. The second-order valence-corrected chi connectivity index (χ2v) is 4.37. The predicted octanol–water partition coefficient (Wildman–Crippen LogP) is 2.05. The Hall–Kier alpha value is -1.06. The molecule has 0 bridgehead atoms. The number of nitrogens with two attached hydrogens (primary N) is 1. The van der Waals surface area contributed by atoms with E-state index in [9.17, 15) is 0 Å². The van der Waals surface area contributed by atoms with Crippen LogP contribution in [-0.2, 0) is 11.2 Å². The van der Waals surface area contributed by atoms with Crippen LogP contribution in [0.1, 0.15) is 31.1 Å². The molecule has 1 aromatic carbocycles. The van der Waals surface area contributed by atoms with E-state index < -0.39 is 0 Å². The summed E-state index contributed by atoms with van der Waals surface area (Å²) in [4.78, 5) is 0. The lowest BCUT2D eigenvalue weighted by Crippen LogP contribution is -2.19. The van der Waals surface area contributed by atoms with Crippen molar-refractivity contribution in [2.24, 2.45) is 5.73 Å². The van der Waals surface area contributed by atoms with Gasteiger partial charge in [-0.1, -0.05) is 6.07 Å². The van der Waals surface area contributed by atoms with Gasteiger partial charge in [-0.15, -0.1) is 0 Å². The minimum atomic E-state index is -0.00843. The molecule has 88 valence electrons. The highest BCUT2D eigenvalue weighted by Gasteiger charge is 2.17. The van der Waals surface area contributed by atoms with E-state index in [0.717, 1.165) is 24.3 Å². The van der Waals surface area contributed by atoms with Crippen LogP contribution in [0.2, 0.25) is 0 Å². The topological polar surface area (TPSA) is 44.5 Å². The minimum Gasteiger partial charge on any atom is -0.493 e. The second-order valence-electron chi connectivity index (χ2n) is 4.37. The quantitative estimate of drug-likeness (QED) is 0.846. The third-order valence-corrected chi connectivity index (χ3v) is 2.74. The van der Waals surface area contributed by atoms with Crippen LogP contribution in [0.5, 0.6) is 5.75 Å². The van der Waals surface area contributed by atoms with Crippen LogP contribution in [0.25, 0.3) is 0 Å². The molecule has 0 fully saturated rings. The van der Waals surface area contributed by atoms with Gasteiger partial charge in [-0.25, -0.2) is 0 Å². The van der Waals surface area contributed by atoms with E-state index in [1.54, 1.807) is 0 Å². The number of fused-ring (bicyclic) bond motifs is 1. The molecule has 1 aliphatic rings. The Morgan fingerprint density at radius 2 is 2.25 bits per heavy atom. The molecule has 0 amide bonds. The molecular formula is C13H19NO2. The molecule has 3 heteroatoms. The van der Waals surface area contributed by atoms with Crippen LogP contribution in [0, 0.1) is 0 Å². The molecule has 2 rings (SSSR count). The minimum absolute atomic E-state index is 0.00843. The monoisotopic (exact) mass is 221 g/mol. The average Bonchev–Trinajstić information content (AvgIpc) is 2.72. The highest BCUT2D eigenvalue weighted by atomic mass is 16.5. The van der Waals surface area contributed by atoms with Crippen LogP contribution < -0.4 is 10.5 Å². The zero-order chi connectivity index (χ0) is 11.5. The van der Waals surface area contributed by atoms with E-state index in [2.05, 4.69) is 6.07 Å². The largest absolute Gasteiger partial charge is 0.493 e. The predicted molar refractivity (Wildman–Crippen MR) is 63.7 cm³/mol. The molecule has 1 heterocycles. The summed E-state index contributed by atoms with van der Waals surface area (Å²) in [5.74, 6) is 1.00. The van der Waals surface area contributed by atoms with Gasteiger partial charge in [-0.05, 0) is 37.1 Å². The van der Waals surface area contributed by atoms with E-state index in [-0.39, 0.29) is 12.2 Å². The maximum Gasteiger partial charge on any atom is 0.122 e. The number of hydrogen-bond acceptors (Lipinski definition) is 3. The van der Waals surface area contributed by atoms with E-state index in [4.69, 9.17) is 15.2 Å². The van der Waals surface area contributed by atoms with Crippen LogP contribution in [0.15, 0.2) is 18.2 Å². The van der Waals surface area contributed by atoms with Gasteiger partial charge in [-0.3, -0.25) is 0 Å². The molecule has 16 heavy (non-hydrogen) atoms. The molecule has 1 aromatic rings. The maximum atomic E-state index is 5.78. The number of rotatable bonds is 4. The van der Waals surface area contributed by atoms with Crippen molar-refractivity contribution in [2.75, 3.05) is 13.2 Å². The van der Waals surface area contributed by atoms with Crippen LogP contribution in [0.4, 0.5) is 0 Å². The summed E-state index contributed by atoms with van der Waals surface area (Å²) in [6, 6.07) is 6.22. The summed E-state index contributed by atoms with van der Waals surface area (Å²) < 4.78 is 11.3. The third-order valence-electron chi connectivity index (χ3n) is 2.74. The Morgan fingerprint density at radius 1 is 1.44 bits per heavy atom. The number of benzene rings is 1. The molecular weight excluding hydrogens is 202 g/mol. The fourth-order valence-corrected chi connectivity index (χ4v) is 2.01. The van der Waals surface area contributed by atoms with Crippen molar-refractivity contribution >= 4 is 0 Å². The summed E-state index contributed by atoms with van der Waals surface area (Å²) in [6.45, 7) is 5.35. The van der Waals surface area contributed by atoms with Gasteiger partial charge in [0, 0.05) is 13.0 Å². The van der Waals surface area contributed by atoms with Crippen LogP contribution in [-0.4, -0.2) is 19.3 Å². The van der Waals surface area contributed by atoms with Crippen molar-refractivity contribution in [1.82, 2.24) is 0 Å². The van der Waals surface area contributed by atoms with E-state index in [1.807, 2.05) is 26.0 Å². The van der Waals surface area contributed by atoms with Crippen molar-refractivity contribution in [3.05, 3.63) is 29.3 Å². The molecule has 0 aromatic heterocycles. The highest BCUT2D eigenvalue weighted by Crippen LogP contribution is 2.29. The Morgan fingerprint density at radius 3 is 2.94 bits per heavy atom. The van der Waals surface area contributed by atoms with Crippen molar-refractivity contribution in [2.45, 2.75) is 32.5 Å². The van der Waals surface area contributed by atoms with E-state index >= 15 is 0 Å². The van der Waals surface area contributed by atoms with Crippen molar-refractivity contribution < 1.29 is 9.47 Å². The second kappa shape index (κ2) is 4.85. The van der Waals surface area contributed by atoms with Gasteiger partial charge in [0.05, 0.1) is 18.8 Å². The third kappa shape index (κ3) is 2.36. The van der Waals surface area contributed by atoms with Gasteiger partial charge in [0.1, 0.15) is 5.75 Å². The van der Waals surface area contributed by atoms with E-state index in [0.29, 0.717) is 6.54 Å². The van der Waals surface area contributed by atoms with Gasteiger partial charge in [0.2, 0.25) is 0 Å². The number of ether oxygens (including phenoxy) is 2. The first kappa shape index (κ1) is 11.4. The lowest BCUT2D eigenvalue weighted by atomic mass is 10.0. The molecule has 0 aliphatic carbocycles. The van der Waals surface area contributed by atoms with Crippen LogP contribution >= 0.6 is 0 Å². The van der Waals surface area contributed by atoms with Crippen molar-refractivity contribution in [3.63, 3.8) is 0 Å². The van der Waals surface area contributed by atoms with Crippen molar-refractivity contribution in [1.29, 1.82) is 0 Å². The lowest BCUT2D eigenvalue weighted by molar-refractivity contribution is 0.0119. The molecule has 0 radical (unpaired) electrons. The zero-order valence-corrected chi connectivity index (χ0v) is 9.90. The molecule has 1 unspecified atom stereocenters. The van der Waals surface area contributed by atoms with Gasteiger partial charge in [0.25, 0.3) is 0 Å². The Balaban J connectivity index is 2.18. The molecule has 2 N–H and O–H groups in total. The molecule has 0 saturated carbocycles. The summed E-state index contributed by atoms with van der Waals surface area (Å²) in [5.41, 5.74) is 8.16. The smallest absolute Gasteiger partial charge is 0.122 e. The molecule has 0 spiro atoms. The highest BCUT2D eigenvalue weighted by molar-refractivity contribution is 5.40. The van der Waals surface area contributed by atoms with Gasteiger partial charge >= 0.3 is 0 Å². The van der Waals surface area contributed by atoms with E-state index in [1.165, 1.54) is 5.56 Å².